The first-order chi connectivity index (χ1) is 9.38. The SMILES string of the molecule is Cc1cc(C(=O)CCC(=O)O)cc2c1NC(=O)C(C)C2. The van der Waals surface area contributed by atoms with Crippen LogP contribution in [-0.4, -0.2) is 22.8 Å². The average molecular weight is 275 g/mol. The second kappa shape index (κ2) is 5.45. The Labute approximate surface area is 117 Å². The third-order valence-corrected chi connectivity index (χ3v) is 3.53. The Hall–Kier alpha value is -2.17. The van der Waals surface area contributed by atoms with Gasteiger partial charge in [0, 0.05) is 23.6 Å². The lowest BCUT2D eigenvalue weighted by atomic mass is 9.90. The van der Waals surface area contributed by atoms with Crippen molar-refractivity contribution in [2.75, 3.05) is 5.32 Å². The molecule has 1 aliphatic heterocycles. The molecule has 1 aromatic rings. The summed E-state index contributed by atoms with van der Waals surface area (Å²) >= 11 is 0. The van der Waals surface area contributed by atoms with Gasteiger partial charge in [-0.05, 0) is 36.6 Å². The standard InChI is InChI=1S/C15H17NO4/c1-8-5-10(12(17)3-4-13(18)19)7-11-6-9(2)15(20)16-14(8)11/h5,7,9H,3-4,6H2,1-2H3,(H,16,20)(H,18,19). The van der Waals surface area contributed by atoms with Gasteiger partial charge in [-0.2, -0.15) is 0 Å². The highest BCUT2D eigenvalue weighted by Gasteiger charge is 2.24. The lowest BCUT2D eigenvalue weighted by Crippen LogP contribution is -2.28. The Morgan fingerprint density at radius 1 is 1.35 bits per heavy atom. The molecule has 1 aliphatic rings. The molecule has 0 saturated heterocycles. The maximum atomic E-state index is 12.0. The number of hydrogen-bond acceptors (Lipinski definition) is 3. The van der Waals surface area contributed by atoms with Crippen molar-refractivity contribution in [1.29, 1.82) is 0 Å². The molecule has 0 spiro atoms. The summed E-state index contributed by atoms with van der Waals surface area (Å²) < 4.78 is 0. The third kappa shape index (κ3) is 2.87. The van der Waals surface area contributed by atoms with Gasteiger partial charge in [0.05, 0.1) is 6.42 Å². The van der Waals surface area contributed by atoms with Crippen LogP contribution in [0.4, 0.5) is 5.69 Å². The largest absolute Gasteiger partial charge is 0.481 e. The zero-order valence-electron chi connectivity index (χ0n) is 11.5. The highest BCUT2D eigenvalue weighted by molar-refractivity contribution is 6.01. The number of carboxylic acid groups (broad SMARTS) is 1. The summed E-state index contributed by atoms with van der Waals surface area (Å²) in [7, 11) is 0. The second-order valence-electron chi connectivity index (χ2n) is 5.24. The van der Waals surface area contributed by atoms with Crippen molar-refractivity contribution in [1.82, 2.24) is 0 Å². The van der Waals surface area contributed by atoms with Crippen LogP contribution in [0.3, 0.4) is 0 Å². The van der Waals surface area contributed by atoms with Crippen LogP contribution in [-0.2, 0) is 16.0 Å². The van der Waals surface area contributed by atoms with Crippen LogP contribution in [0.5, 0.6) is 0 Å². The molecule has 106 valence electrons. The molecule has 5 heteroatoms. The number of benzene rings is 1. The van der Waals surface area contributed by atoms with Gasteiger partial charge in [-0.25, -0.2) is 0 Å². The molecule has 1 atom stereocenters. The Balaban J connectivity index is 2.28. The molecule has 0 aromatic heterocycles. The van der Waals surface area contributed by atoms with Gasteiger partial charge in [-0.15, -0.1) is 0 Å². The van der Waals surface area contributed by atoms with Crippen LogP contribution >= 0.6 is 0 Å². The van der Waals surface area contributed by atoms with Crippen LogP contribution in [0.1, 0.15) is 41.3 Å². The fourth-order valence-electron chi connectivity index (χ4n) is 2.39. The van der Waals surface area contributed by atoms with E-state index in [-0.39, 0.29) is 30.4 Å². The molecule has 1 aromatic carbocycles. The van der Waals surface area contributed by atoms with E-state index in [1.807, 2.05) is 13.8 Å². The molecule has 0 aliphatic carbocycles. The molecular formula is C15H17NO4. The van der Waals surface area contributed by atoms with Gasteiger partial charge < -0.3 is 10.4 Å². The fourth-order valence-corrected chi connectivity index (χ4v) is 2.39. The predicted molar refractivity (Wildman–Crippen MR) is 73.9 cm³/mol. The Morgan fingerprint density at radius 3 is 2.70 bits per heavy atom. The summed E-state index contributed by atoms with van der Waals surface area (Å²) in [6.45, 7) is 3.68. The number of Topliss-reactive ketones (excluding diaryl/α,β-unsaturated/α-hetero) is 1. The van der Waals surface area contributed by atoms with E-state index in [2.05, 4.69) is 5.32 Å². The van der Waals surface area contributed by atoms with Crippen molar-refractivity contribution < 1.29 is 19.5 Å². The van der Waals surface area contributed by atoms with Gasteiger partial charge in [-0.1, -0.05) is 6.92 Å². The molecule has 2 rings (SSSR count). The van der Waals surface area contributed by atoms with Crippen molar-refractivity contribution in [2.24, 2.45) is 5.92 Å². The molecule has 0 fully saturated rings. The monoisotopic (exact) mass is 275 g/mol. The van der Waals surface area contributed by atoms with Gasteiger partial charge in [0.25, 0.3) is 0 Å². The molecule has 1 unspecified atom stereocenters. The minimum atomic E-state index is -0.978. The summed E-state index contributed by atoms with van der Waals surface area (Å²) in [5, 5.41) is 11.5. The van der Waals surface area contributed by atoms with E-state index in [1.54, 1.807) is 12.1 Å². The van der Waals surface area contributed by atoms with Crippen molar-refractivity contribution >= 4 is 23.3 Å². The molecule has 0 saturated carbocycles. The first kappa shape index (κ1) is 14.2. The number of carbonyl (C=O) groups is 3. The Morgan fingerprint density at radius 2 is 2.05 bits per heavy atom. The van der Waals surface area contributed by atoms with Gasteiger partial charge in [0.1, 0.15) is 0 Å². The Kier molecular flexibility index (Phi) is 3.88. The number of rotatable bonds is 4. The number of anilines is 1. The molecule has 2 N–H and O–H groups in total. The van der Waals surface area contributed by atoms with E-state index in [9.17, 15) is 14.4 Å². The van der Waals surface area contributed by atoms with Crippen LogP contribution < -0.4 is 5.32 Å². The second-order valence-corrected chi connectivity index (χ2v) is 5.24. The van der Waals surface area contributed by atoms with Crippen LogP contribution in [0.25, 0.3) is 0 Å². The zero-order chi connectivity index (χ0) is 14.9. The zero-order valence-corrected chi connectivity index (χ0v) is 11.5. The fraction of sp³-hybridized carbons (Fsp3) is 0.400. The van der Waals surface area contributed by atoms with Crippen LogP contribution in [0.2, 0.25) is 0 Å². The molecule has 20 heavy (non-hydrogen) atoms. The normalized spacial score (nSPS) is 17.3. The van der Waals surface area contributed by atoms with E-state index in [4.69, 9.17) is 5.11 Å². The maximum absolute atomic E-state index is 12.0. The molecule has 1 heterocycles. The number of nitrogens with one attached hydrogen (secondary N) is 1. The summed E-state index contributed by atoms with van der Waals surface area (Å²) in [4.78, 5) is 34.2. The highest BCUT2D eigenvalue weighted by Crippen LogP contribution is 2.30. The number of amides is 1. The topological polar surface area (TPSA) is 83.5 Å². The first-order valence-corrected chi connectivity index (χ1v) is 6.58. The van der Waals surface area contributed by atoms with E-state index >= 15 is 0 Å². The van der Waals surface area contributed by atoms with Gasteiger partial charge in [0.2, 0.25) is 5.91 Å². The molecule has 1 amide bonds. The maximum Gasteiger partial charge on any atom is 0.303 e. The van der Waals surface area contributed by atoms with Gasteiger partial charge in [-0.3, -0.25) is 14.4 Å². The lowest BCUT2D eigenvalue weighted by molar-refractivity contribution is -0.137. The number of aryl methyl sites for hydroxylation is 1. The van der Waals surface area contributed by atoms with E-state index in [1.165, 1.54) is 0 Å². The molecular weight excluding hydrogens is 258 g/mol. The molecule has 0 radical (unpaired) electrons. The average Bonchev–Trinajstić information content (AvgIpc) is 2.38. The van der Waals surface area contributed by atoms with Gasteiger partial charge in [0.15, 0.2) is 5.78 Å². The van der Waals surface area contributed by atoms with E-state index in [0.29, 0.717) is 12.0 Å². The number of aliphatic carboxylic acids is 1. The summed E-state index contributed by atoms with van der Waals surface area (Å²) in [6, 6.07) is 3.47. The van der Waals surface area contributed by atoms with E-state index in [0.717, 1.165) is 16.8 Å². The number of carboxylic acids is 1. The van der Waals surface area contributed by atoms with Crippen molar-refractivity contribution in [2.45, 2.75) is 33.1 Å². The number of carbonyl (C=O) groups excluding carboxylic acids is 2. The van der Waals surface area contributed by atoms with Gasteiger partial charge >= 0.3 is 5.97 Å². The lowest BCUT2D eigenvalue weighted by Gasteiger charge is -2.24. The Bertz CT molecular complexity index is 592. The third-order valence-electron chi connectivity index (χ3n) is 3.53. The van der Waals surface area contributed by atoms with Crippen LogP contribution in [0.15, 0.2) is 12.1 Å². The van der Waals surface area contributed by atoms with Crippen molar-refractivity contribution in [3.63, 3.8) is 0 Å². The molecule has 0 bridgehead atoms. The van der Waals surface area contributed by atoms with Crippen molar-refractivity contribution in [3.8, 4) is 0 Å². The quantitative estimate of drug-likeness (QED) is 0.825. The predicted octanol–water partition coefficient (Wildman–Crippen LogP) is 2.17. The molecule has 5 nitrogen and oxygen atoms in total. The van der Waals surface area contributed by atoms with Crippen LogP contribution in [0, 0.1) is 12.8 Å². The highest BCUT2D eigenvalue weighted by atomic mass is 16.4. The summed E-state index contributed by atoms with van der Waals surface area (Å²) in [5.41, 5.74) is 3.07. The number of ketones is 1. The van der Waals surface area contributed by atoms with E-state index < -0.39 is 5.97 Å². The summed E-state index contributed by atoms with van der Waals surface area (Å²) in [6.07, 6.45) is 0.430. The summed E-state index contributed by atoms with van der Waals surface area (Å²) in [5.74, 6) is -1.28. The smallest absolute Gasteiger partial charge is 0.303 e. The van der Waals surface area contributed by atoms with Crippen molar-refractivity contribution in [3.05, 3.63) is 28.8 Å². The number of hydrogen-bond donors (Lipinski definition) is 2. The minimum absolute atomic E-state index is 0.00449. The number of fused-ring (bicyclic) bond motifs is 1. The minimum Gasteiger partial charge on any atom is -0.481 e. The first-order valence-electron chi connectivity index (χ1n) is 6.58.